The van der Waals surface area contributed by atoms with Gasteiger partial charge in [0.25, 0.3) is 0 Å². The zero-order valence-corrected chi connectivity index (χ0v) is 19.1. The molecule has 1 fully saturated rings. The van der Waals surface area contributed by atoms with Crippen LogP contribution in [0.25, 0.3) is 0 Å². The Morgan fingerprint density at radius 3 is 2.73 bits per heavy atom. The molecule has 1 aromatic heterocycles. The first kappa shape index (κ1) is 21.7. The molecule has 0 saturated carbocycles. The average Bonchev–Trinajstić information content (AvgIpc) is 2.86. The van der Waals surface area contributed by atoms with E-state index >= 15 is 0 Å². The molecule has 1 aliphatic carbocycles. The molecular weight excluding hydrogens is 418 g/mol. The number of rotatable bonds is 4. The second-order valence-corrected chi connectivity index (χ2v) is 9.01. The quantitative estimate of drug-likeness (QED) is 0.710. The molecular formula is C25H31N5O3. The summed E-state index contributed by atoms with van der Waals surface area (Å²) in [5, 5.41) is 10.5. The molecule has 1 amide bonds. The van der Waals surface area contributed by atoms with Gasteiger partial charge in [-0.3, -0.25) is 4.79 Å². The Labute approximate surface area is 194 Å². The summed E-state index contributed by atoms with van der Waals surface area (Å²) in [4.78, 5) is 27.8. The van der Waals surface area contributed by atoms with Gasteiger partial charge in [-0.25, -0.2) is 0 Å². The number of methoxy groups -OCH3 is 1. The number of piperazine rings is 1. The van der Waals surface area contributed by atoms with Gasteiger partial charge in [-0.2, -0.15) is 9.97 Å². The topological polar surface area (TPSA) is 82.0 Å². The molecule has 2 aliphatic heterocycles. The molecule has 3 heterocycles. The molecule has 33 heavy (non-hydrogen) atoms. The van der Waals surface area contributed by atoms with E-state index < -0.39 is 0 Å². The molecule has 174 valence electrons. The molecule has 0 spiro atoms. The minimum atomic E-state index is -0.355. The normalized spacial score (nSPS) is 22.4. The van der Waals surface area contributed by atoms with Crippen LogP contribution in [0.3, 0.4) is 0 Å². The molecule has 3 aliphatic rings. The Bertz CT molecular complexity index is 1050. The molecule has 8 heteroatoms. The van der Waals surface area contributed by atoms with Gasteiger partial charge in [0.1, 0.15) is 5.82 Å². The standard InChI is InChI=1S/C25H31N5O3/c1-3-23(32)28-10-12-29(13-11-28)24-20-9-8-18(15-21(20)26-25(27-24)33-2)30-16-19(31)14-17-6-4-5-7-22(17)30/h3-7,18-19,31H,1,8-16H2,2H3. The van der Waals surface area contributed by atoms with E-state index in [-0.39, 0.29) is 18.1 Å². The summed E-state index contributed by atoms with van der Waals surface area (Å²) >= 11 is 0. The van der Waals surface area contributed by atoms with E-state index in [0.29, 0.717) is 32.1 Å². The first-order valence-electron chi connectivity index (χ1n) is 11.7. The summed E-state index contributed by atoms with van der Waals surface area (Å²) in [6.45, 7) is 6.99. The van der Waals surface area contributed by atoms with Gasteiger partial charge in [0.15, 0.2) is 0 Å². The van der Waals surface area contributed by atoms with E-state index in [1.807, 2.05) is 11.0 Å². The highest BCUT2D eigenvalue weighted by atomic mass is 16.5. The smallest absolute Gasteiger partial charge is 0.318 e. The fraction of sp³-hybridized carbons (Fsp3) is 0.480. The molecule has 2 unspecified atom stereocenters. The SMILES string of the molecule is C=CC(=O)N1CCN(c2nc(OC)nc3c2CCC(N2CC(O)Cc4ccccc42)C3)CC1. The van der Waals surface area contributed by atoms with Crippen molar-refractivity contribution in [3.8, 4) is 6.01 Å². The van der Waals surface area contributed by atoms with Crippen molar-refractivity contribution >= 4 is 17.4 Å². The number of amides is 1. The van der Waals surface area contributed by atoms with Crippen LogP contribution in [0, 0.1) is 0 Å². The number of para-hydroxylation sites is 1. The van der Waals surface area contributed by atoms with Crippen LogP contribution in [0.1, 0.15) is 23.2 Å². The van der Waals surface area contributed by atoms with Gasteiger partial charge in [0.05, 0.1) is 18.9 Å². The second kappa shape index (κ2) is 9.02. The lowest BCUT2D eigenvalue weighted by molar-refractivity contribution is -0.126. The van der Waals surface area contributed by atoms with Gasteiger partial charge < -0.3 is 24.5 Å². The van der Waals surface area contributed by atoms with Gasteiger partial charge in [-0.1, -0.05) is 24.8 Å². The molecule has 1 saturated heterocycles. The summed E-state index contributed by atoms with van der Waals surface area (Å²) in [7, 11) is 1.60. The van der Waals surface area contributed by atoms with E-state index in [2.05, 4.69) is 34.6 Å². The lowest BCUT2D eigenvalue weighted by atomic mass is 9.88. The lowest BCUT2D eigenvalue weighted by Gasteiger charge is -2.42. The summed E-state index contributed by atoms with van der Waals surface area (Å²) in [6, 6.07) is 9.03. The van der Waals surface area contributed by atoms with Crippen LogP contribution in [-0.4, -0.2) is 77.9 Å². The lowest BCUT2D eigenvalue weighted by Crippen LogP contribution is -2.49. The van der Waals surface area contributed by atoms with Gasteiger partial charge in [0, 0.05) is 62.9 Å². The summed E-state index contributed by atoms with van der Waals surface area (Å²) in [5.41, 5.74) is 4.63. The summed E-state index contributed by atoms with van der Waals surface area (Å²) in [5.74, 6) is 0.906. The number of aliphatic hydroxyl groups is 1. The molecule has 1 aromatic carbocycles. The van der Waals surface area contributed by atoms with Gasteiger partial charge in [0.2, 0.25) is 5.91 Å². The number of aromatic nitrogens is 2. The number of anilines is 2. The van der Waals surface area contributed by atoms with Crippen LogP contribution in [0.2, 0.25) is 0 Å². The highest BCUT2D eigenvalue weighted by molar-refractivity contribution is 5.87. The number of fused-ring (bicyclic) bond motifs is 2. The zero-order chi connectivity index (χ0) is 22.9. The first-order valence-corrected chi connectivity index (χ1v) is 11.7. The molecule has 2 atom stereocenters. The number of β-amino-alcohol motifs (C(OH)–C–C–N with tert-alkyl or cyclic N) is 1. The monoisotopic (exact) mass is 449 g/mol. The Hall–Kier alpha value is -3.13. The van der Waals surface area contributed by atoms with Crippen molar-refractivity contribution in [2.75, 3.05) is 49.6 Å². The Morgan fingerprint density at radius 1 is 1.18 bits per heavy atom. The molecule has 0 bridgehead atoms. The Morgan fingerprint density at radius 2 is 1.97 bits per heavy atom. The highest BCUT2D eigenvalue weighted by Crippen LogP contribution is 2.36. The van der Waals surface area contributed by atoms with Crippen LogP contribution >= 0.6 is 0 Å². The van der Waals surface area contributed by atoms with Crippen molar-refractivity contribution in [1.29, 1.82) is 0 Å². The molecule has 8 nitrogen and oxygen atoms in total. The number of carbonyl (C=O) groups excluding carboxylic acids is 1. The third-order valence-electron chi connectivity index (χ3n) is 7.06. The van der Waals surface area contributed by atoms with Crippen molar-refractivity contribution in [3.05, 3.63) is 53.7 Å². The van der Waals surface area contributed by atoms with Crippen LogP contribution < -0.4 is 14.5 Å². The van der Waals surface area contributed by atoms with Crippen LogP contribution in [0.15, 0.2) is 36.9 Å². The summed E-state index contributed by atoms with van der Waals surface area (Å²) < 4.78 is 5.46. The van der Waals surface area contributed by atoms with Crippen LogP contribution in [0.4, 0.5) is 11.5 Å². The number of aliphatic hydroxyl groups excluding tert-OH is 1. The molecule has 1 N–H and O–H groups in total. The third-order valence-corrected chi connectivity index (χ3v) is 7.06. The fourth-order valence-corrected chi connectivity index (χ4v) is 5.40. The number of hydrogen-bond acceptors (Lipinski definition) is 7. The van der Waals surface area contributed by atoms with E-state index in [1.165, 1.54) is 22.9 Å². The van der Waals surface area contributed by atoms with Gasteiger partial charge in [-0.05, 0) is 30.5 Å². The summed E-state index contributed by atoms with van der Waals surface area (Å²) in [6.07, 6.45) is 4.37. The van der Waals surface area contributed by atoms with Crippen molar-refractivity contribution in [3.63, 3.8) is 0 Å². The first-order chi connectivity index (χ1) is 16.1. The molecule has 0 radical (unpaired) electrons. The minimum absolute atomic E-state index is 0.0243. The predicted molar refractivity (Wildman–Crippen MR) is 127 cm³/mol. The highest BCUT2D eigenvalue weighted by Gasteiger charge is 2.34. The van der Waals surface area contributed by atoms with Crippen molar-refractivity contribution in [1.82, 2.24) is 14.9 Å². The number of benzene rings is 1. The van der Waals surface area contributed by atoms with Gasteiger partial charge >= 0.3 is 6.01 Å². The fourth-order valence-electron chi connectivity index (χ4n) is 5.40. The number of carbonyl (C=O) groups is 1. The van der Waals surface area contributed by atoms with Crippen LogP contribution in [0.5, 0.6) is 6.01 Å². The Balaban J connectivity index is 1.40. The van der Waals surface area contributed by atoms with E-state index in [4.69, 9.17) is 14.7 Å². The molecule has 2 aromatic rings. The van der Waals surface area contributed by atoms with E-state index in [1.54, 1.807) is 7.11 Å². The van der Waals surface area contributed by atoms with Gasteiger partial charge in [-0.15, -0.1) is 0 Å². The predicted octanol–water partition coefficient (Wildman–Crippen LogP) is 1.60. The average molecular weight is 450 g/mol. The third kappa shape index (κ3) is 4.15. The molecule has 5 rings (SSSR count). The minimum Gasteiger partial charge on any atom is -0.467 e. The maximum atomic E-state index is 12.0. The van der Waals surface area contributed by atoms with Crippen molar-refractivity contribution in [2.24, 2.45) is 0 Å². The van der Waals surface area contributed by atoms with E-state index in [9.17, 15) is 9.90 Å². The van der Waals surface area contributed by atoms with Crippen molar-refractivity contribution < 1.29 is 14.6 Å². The number of ether oxygens (including phenoxy) is 1. The van der Waals surface area contributed by atoms with Crippen molar-refractivity contribution in [2.45, 2.75) is 37.8 Å². The maximum Gasteiger partial charge on any atom is 0.318 e. The number of hydrogen-bond donors (Lipinski definition) is 1. The second-order valence-electron chi connectivity index (χ2n) is 9.01. The van der Waals surface area contributed by atoms with Crippen LogP contribution in [-0.2, 0) is 24.1 Å². The largest absolute Gasteiger partial charge is 0.467 e. The Kier molecular flexibility index (Phi) is 5.93. The maximum absolute atomic E-state index is 12.0. The van der Waals surface area contributed by atoms with E-state index in [0.717, 1.165) is 43.9 Å². The number of nitrogens with zero attached hydrogens (tertiary/aromatic N) is 5. The zero-order valence-electron chi connectivity index (χ0n) is 19.1.